The molecular weight excluding hydrogens is 675 g/mol. The Balaban J connectivity index is 1.14. The van der Waals surface area contributed by atoms with Gasteiger partial charge >= 0.3 is 5.97 Å². The van der Waals surface area contributed by atoms with Crippen molar-refractivity contribution >= 4 is 23.5 Å². The van der Waals surface area contributed by atoms with Crippen molar-refractivity contribution in [1.29, 1.82) is 0 Å². The smallest absolute Gasteiger partial charge is 0.312 e. The van der Waals surface area contributed by atoms with Crippen LogP contribution in [0.3, 0.4) is 0 Å². The van der Waals surface area contributed by atoms with Gasteiger partial charge in [-0.25, -0.2) is 22.8 Å². The molecule has 11 nitrogen and oxygen atoms in total. The van der Waals surface area contributed by atoms with E-state index in [0.29, 0.717) is 29.1 Å². The van der Waals surface area contributed by atoms with Gasteiger partial charge in [-0.15, -0.1) is 0 Å². The minimum absolute atomic E-state index is 0.0793. The lowest BCUT2D eigenvalue weighted by Crippen LogP contribution is -2.53. The predicted octanol–water partition coefficient (Wildman–Crippen LogP) is 6.35. The molecule has 274 valence electrons. The SMILES string of the molecule is Cc1ccn(-c2ccc(C(=O)N[C@@H]3CCC(F)(F)C[C@@H]3C(=O)N3CC[C@H]4C3c3cc(F)ccc3N[C@H]4c3nccn3COC(=O)C(C)(C)C)cc2)n1. The zero-order chi connectivity index (χ0) is 36.9. The van der Waals surface area contributed by atoms with Gasteiger partial charge in [-0.05, 0) is 89.1 Å². The maximum Gasteiger partial charge on any atom is 0.312 e. The lowest BCUT2D eigenvalue weighted by molar-refractivity contribution is -0.157. The highest BCUT2D eigenvalue weighted by molar-refractivity contribution is 5.95. The van der Waals surface area contributed by atoms with Crippen LogP contribution < -0.4 is 10.6 Å². The van der Waals surface area contributed by atoms with E-state index in [1.165, 1.54) is 12.1 Å². The number of nitrogens with one attached hydrogen (secondary N) is 2. The molecule has 0 bridgehead atoms. The van der Waals surface area contributed by atoms with E-state index in [-0.39, 0.29) is 31.6 Å². The number of alkyl halides is 2. The molecule has 2 aromatic heterocycles. The summed E-state index contributed by atoms with van der Waals surface area (Å²) in [4.78, 5) is 46.7. The summed E-state index contributed by atoms with van der Waals surface area (Å²) in [5.41, 5.74) is 2.34. The molecule has 4 aromatic rings. The highest BCUT2D eigenvalue weighted by atomic mass is 19.3. The van der Waals surface area contributed by atoms with Gasteiger partial charge in [0.25, 0.3) is 5.91 Å². The quantitative estimate of drug-likeness (QED) is 0.214. The number of amides is 2. The number of fused-ring (bicyclic) bond motifs is 3. The Morgan fingerprint density at radius 2 is 1.83 bits per heavy atom. The fraction of sp³-hybridized carbons (Fsp3) is 0.447. The Hall–Kier alpha value is -5.14. The molecule has 3 aliphatic rings. The van der Waals surface area contributed by atoms with Crippen molar-refractivity contribution < 1.29 is 32.3 Å². The van der Waals surface area contributed by atoms with E-state index in [9.17, 15) is 18.8 Å². The van der Waals surface area contributed by atoms with Gasteiger partial charge in [-0.3, -0.25) is 19.0 Å². The Morgan fingerprint density at radius 1 is 1.06 bits per heavy atom. The molecule has 1 aliphatic carbocycles. The molecule has 1 unspecified atom stereocenters. The van der Waals surface area contributed by atoms with Crippen molar-refractivity contribution in [2.75, 3.05) is 11.9 Å². The Labute approximate surface area is 299 Å². The number of anilines is 1. The van der Waals surface area contributed by atoms with Gasteiger partial charge in [0.15, 0.2) is 6.73 Å². The molecule has 2 amide bonds. The summed E-state index contributed by atoms with van der Waals surface area (Å²) in [6.45, 7) is 7.31. The average Bonchev–Trinajstić information content (AvgIpc) is 3.87. The molecule has 2 aromatic carbocycles. The fourth-order valence-electron chi connectivity index (χ4n) is 7.66. The maximum absolute atomic E-state index is 15.1. The van der Waals surface area contributed by atoms with Gasteiger partial charge < -0.3 is 20.3 Å². The van der Waals surface area contributed by atoms with Gasteiger partial charge in [0.1, 0.15) is 11.6 Å². The molecular formula is C38H42F3N7O4. The van der Waals surface area contributed by atoms with E-state index >= 15 is 8.78 Å². The van der Waals surface area contributed by atoms with Crippen molar-refractivity contribution in [3.63, 3.8) is 0 Å². The molecule has 4 heterocycles. The van der Waals surface area contributed by atoms with Crippen molar-refractivity contribution in [1.82, 2.24) is 29.5 Å². The molecule has 2 N–H and O–H groups in total. The van der Waals surface area contributed by atoms with E-state index in [0.717, 1.165) is 11.4 Å². The lowest BCUT2D eigenvalue weighted by atomic mass is 9.79. The topological polar surface area (TPSA) is 123 Å². The van der Waals surface area contributed by atoms with Crippen LogP contribution in [0.1, 0.15) is 86.0 Å². The molecule has 14 heteroatoms. The summed E-state index contributed by atoms with van der Waals surface area (Å²) >= 11 is 0. The average molecular weight is 718 g/mol. The van der Waals surface area contributed by atoms with E-state index in [4.69, 9.17) is 4.74 Å². The molecule has 1 saturated carbocycles. The summed E-state index contributed by atoms with van der Waals surface area (Å²) in [6, 6.07) is 10.9. The number of hydrogen-bond acceptors (Lipinski definition) is 7. The third-order valence-electron chi connectivity index (χ3n) is 10.3. The molecule has 5 atom stereocenters. The number of likely N-dealkylation sites (tertiary alicyclic amines) is 1. The van der Waals surface area contributed by atoms with E-state index in [1.54, 1.807) is 77.6 Å². The minimum Gasteiger partial charge on any atom is -0.443 e. The Morgan fingerprint density at radius 3 is 2.54 bits per heavy atom. The van der Waals surface area contributed by atoms with Crippen molar-refractivity contribution in [2.45, 2.75) is 84.2 Å². The van der Waals surface area contributed by atoms with Crippen LogP contribution in [0.5, 0.6) is 0 Å². The molecule has 7 rings (SSSR count). The second kappa shape index (κ2) is 13.4. The number of aromatic nitrogens is 4. The summed E-state index contributed by atoms with van der Waals surface area (Å²) in [6.07, 6.45) is 4.31. The molecule has 1 saturated heterocycles. The Bertz CT molecular complexity index is 1990. The third kappa shape index (κ3) is 6.90. The molecule has 52 heavy (non-hydrogen) atoms. The monoisotopic (exact) mass is 717 g/mol. The number of ether oxygens (including phenoxy) is 1. The first-order chi connectivity index (χ1) is 24.7. The van der Waals surface area contributed by atoms with Crippen molar-refractivity contribution in [3.05, 3.63) is 95.6 Å². The van der Waals surface area contributed by atoms with Crippen LogP contribution in [-0.2, 0) is 21.1 Å². The number of nitrogens with zero attached hydrogens (tertiary/aromatic N) is 5. The molecule has 2 fully saturated rings. The maximum atomic E-state index is 15.1. The summed E-state index contributed by atoms with van der Waals surface area (Å²) in [5, 5.41) is 10.7. The number of imidazole rings is 1. The van der Waals surface area contributed by atoms with Crippen LogP contribution in [0.15, 0.2) is 67.1 Å². The first-order valence-electron chi connectivity index (χ1n) is 17.5. The van der Waals surface area contributed by atoms with Crippen LogP contribution >= 0.6 is 0 Å². The van der Waals surface area contributed by atoms with Gasteiger partial charge in [0, 0.05) is 66.8 Å². The van der Waals surface area contributed by atoms with Gasteiger partial charge in [0.2, 0.25) is 11.8 Å². The van der Waals surface area contributed by atoms with Crippen LogP contribution in [0.4, 0.5) is 18.9 Å². The van der Waals surface area contributed by atoms with Crippen LogP contribution in [0.25, 0.3) is 5.69 Å². The van der Waals surface area contributed by atoms with Crippen LogP contribution in [0, 0.1) is 30.0 Å². The number of esters is 1. The number of carbonyl (C=O) groups excluding carboxylic acids is 3. The highest BCUT2D eigenvalue weighted by Crippen LogP contribution is 2.52. The van der Waals surface area contributed by atoms with E-state index in [2.05, 4.69) is 20.7 Å². The number of rotatable bonds is 7. The number of benzene rings is 2. The van der Waals surface area contributed by atoms with Gasteiger partial charge in [-0.1, -0.05) is 0 Å². The standard InChI is InChI=1S/C38H42F3N7O4/c1-22-12-17-48(45-22)25-8-5-23(6-9-25)34(49)44-30-11-14-38(40,41)20-28(30)35(50)47-16-13-26-31(43-29-10-7-24(39)19-27(29)32(26)47)33-42-15-18-46(33)21-52-36(51)37(2,3)4/h5-10,12,15,17-19,26,28,30-32,43H,11,13-14,16,20-21H2,1-4H3,(H,44,49)/t26-,28+,30-,31-,32?/m1/s1. The first kappa shape index (κ1) is 35.3. The highest BCUT2D eigenvalue weighted by Gasteiger charge is 2.52. The van der Waals surface area contributed by atoms with Crippen molar-refractivity contribution in [2.24, 2.45) is 17.3 Å². The number of halogens is 3. The fourth-order valence-corrected chi connectivity index (χ4v) is 7.66. The Kier molecular flexibility index (Phi) is 9.12. The lowest BCUT2D eigenvalue weighted by Gasteiger charge is -2.42. The summed E-state index contributed by atoms with van der Waals surface area (Å²) < 4.78 is 53.9. The van der Waals surface area contributed by atoms with Gasteiger partial charge in [0.05, 0.1) is 34.8 Å². The zero-order valence-corrected chi connectivity index (χ0v) is 29.5. The zero-order valence-electron chi connectivity index (χ0n) is 29.5. The van der Waals surface area contributed by atoms with E-state index in [1.807, 2.05) is 19.2 Å². The predicted molar refractivity (Wildman–Crippen MR) is 185 cm³/mol. The number of hydrogen-bond donors (Lipinski definition) is 2. The molecule has 2 aliphatic heterocycles. The summed E-state index contributed by atoms with van der Waals surface area (Å²) in [7, 11) is 0. The molecule has 0 spiro atoms. The second-order valence-corrected chi connectivity index (χ2v) is 15.1. The largest absolute Gasteiger partial charge is 0.443 e. The third-order valence-corrected chi connectivity index (χ3v) is 10.3. The molecule has 0 radical (unpaired) electrons. The minimum atomic E-state index is -3.10. The van der Waals surface area contributed by atoms with Gasteiger partial charge in [-0.2, -0.15) is 5.10 Å². The van der Waals surface area contributed by atoms with Crippen LogP contribution in [0.2, 0.25) is 0 Å². The normalized spacial score (nSPS) is 23.7. The summed E-state index contributed by atoms with van der Waals surface area (Å²) in [5.74, 6) is -5.91. The first-order valence-corrected chi connectivity index (χ1v) is 17.5. The van der Waals surface area contributed by atoms with E-state index < -0.39 is 65.9 Å². The van der Waals surface area contributed by atoms with Crippen molar-refractivity contribution in [3.8, 4) is 5.69 Å². The second-order valence-electron chi connectivity index (χ2n) is 15.1. The number of aryl methyl sites for hydroxylation is 1. The number of carbonyl (C=O) groups is 3. The van der Waals surface area contributed by atoms with Crippen LogP contribution in [-0.4, -0.2) is 60.5 Å².